The molecular formula is C10H9N5. The second-order valence-electron chi connectivity index (χ2n) is 3.10. The first kappa shape index (κ1) is 9.34. The van der Waals surface area contributed by atoms with Crippen molar-refractivity contribution >= 4 is 0 Å². The van der Waals surface area contributed by atoms with Gasteiger partial charge in [-0.05, 0) is 12.1 Å². The Bertz CT molecular complexity index is 482. The van der Waals surface area contributed by atoms with E-state index in [2.05, 4.69) is 15.4 Å². The van der Waals surface area contributed by atoms with Gasteiger partial charge in [0.25, 0.3) is 0 Å². The van der Waals surface area contributed by atoms with Crippen LogP contribution in [0.3, 0.4) is 0 Å². The van der Waals surface area contributed by atoms with Crippen LogP contribution in [0.15, 0.2) is 30.3 Å². The Morgan fingerprint density at radius 2 is 2.07 bits per heavy atom. The second kappa shape index (κ2) is 3.88. The van der Waals surface area contributed by atoms with E-state index in [0.717, 1.165) is 5.56 Å². The van der Waals surface area contributed by atoms with Crippen LogP contribution in [0.4, 0.5) is 0 Å². The smallest absolute Gasteiger partial charge is 0.196 e. The van der Waals surface area contributed by atoms with Gasteiger partial charge < -0.3 is 0 Å². The van der Waals surface area contributed by atoms with E-state index in [1.807, 2.05) is 36.4 Å². The molecule has 0 radical (unpaired) electrons. The molecule has 2 rings (SSSR count). The van der Waals surface area contributed by atoms with E-state index < -0.39 is 6.04 Å². The minimum atomic E-state index is -0.394. The first-order chi connectivity index (χ1) is 7.31. The molecule has 0 fully saturated rings. The average molecular weight is 199 g/mol. The van der Waals surface area contributed by atoms with E-state index in [-0.39, 0.29) is 0 Å². The van der Waals surface area contributed by atoms with Gasteiger partial charge in [-0.3, -0.25) is 0 Å². The van der Waals surface area contributed by atoms with Gasteiger partial charge in [0.15, 0.2) is 6.04 Å². The normalized spacial score (nSPS) is 12.0. The lowest BCUT2D eigenvalue weighted by molar-refractivity contribution is 0.501. The largest absolute Gasteiger partial charge is 0.204 e. The van der Waals surface area contributed by atoms with Crippen LogP contribution < -0.4 is 0 Å². The molecule has 74 valence electrons. The number of hydrogen-bond donors (Lipinski definition) is 0. The van der Waals surface area contributed by atoms with Crippen LogP contribution in [0.2, 0.25) is 0 Å². The van der Waals surface area contributed by atoms with Crippen molar-refractivity contribution in [2.75, 3.05) is 0 Å². The quantitative estimate of drug-likeness (QED) is 0.733. The Morgan fingerprint density at radius 3 is 2.73 bits per heavy atom. The van der Waals surface area contributed by atoms with Crippen LogP contribution in [-0.4, -0.2) is 20.2 Å². The Kier molecular flexibility index (Phi) is 2.42. The fourth-order valence-electron chi connectivity index (χ4n) is 1.14. The first-order valence-electron chi connectivity index (χ1n) is 4.56. The molecule has 0 aliphatic rings. The maximum atomic E-state index is 8.69. The summed E-state index contributed by atoms with van der Waals surface area (Å²) in [5.74, 6) is 0.540. The fraction of sp³-hybridized carbons (Fsp3) is 0.200. The van der Waals surface area contributed by atoms with Crippen molar-refractivity contribution in [3.63, 3.8) is 0 Å². The van der Waals surface area contributed by atoms with Gasteiger partial charge in [0, 0.05) is 5.56 Å². The van der Waals surface area contributed by atoms with Crippen molar-refractivity contribution in [3.8, 4) is 17.5 Å². The van der Waals surface area contributed by atoms with Crippen molar-refractivity contribution in [2.45, 2.75) is 13.0 Å². The average Bonchev–Trinajstić information content (AvgIpc) is 2.78. The first-order valence-corrected chi connectivity index (χ1v) is 4.56. The summed E-state index contributed by atoms with van der Waals surface area (Å²) in [7, 11) is 0. The van der Waals surface area contributed by atoms with E-state index in [9.17, 15) is 0 Å². The number of nitrogens with zero attached hydrogens (tertiary/aromatic N) is 5. The maximum Gasteiger partial charge on any atom is 0.204 e. The second-order valence-corrected chi connectivity index (χ2v) is 3.10. The van der Waals surface area contributed by atoms with Gasteiger partial charge in [-0.1, -0.05) is 30.3 Å². The molecule has 1 heterocycles. The molecule has 0 aliphatic heterocycles. The summed E-state index contributed by atoms with van der Waals surface area (Å²) < 4.78 is 0. The number of benzene rings is 1. The fourth-order valence-corrected chi connectivity index (χ4v) is 1.14. The minimum absolute atomic E-state index is 0.394. The topological polar surface area (TPSA) is 67.4 Å². The summed E-state index contributed by atoms with van der Waals surface area (Å²) in [6, 6.07) is 11.2. The summed E-state index contributed by atoms with van der Waals surface area (Å²) in [5.41, 5.74) is 0.897. The van der Waals surface area contributed by atoms with Crippen molar-refractivity contribution in [1.29, 1.82) is 5.26 Å². The predicted octanol–water partition coefficient (Wildman–Crippen LogP) is 1.42. The number of aromatic nitrogens is 4. The number of tetrazole rings is 1. The Morgan fingerprint density at radius 1 is 1.33 bits per heavy atom. The highest BCUT2D eigenvalue weighted by atomic mass is 15.6. The van der Waals surface area contributed by atoms with Gasteiger partial charge in [-0.2, -0.15) is 5.26 Å². The zero-order valence-corrected chi connectivity index (χ0v) is 8.20. The Labute approximate surface area is 87.0 Å². The molecule has 1 atom stereocenters. The lowest BCUT2D eigenvalue weighted by atomic mass is 10.2. The monoisotopic (exact) mass is 199 g/mol. The van der Waals surface area contributed by atoms with E-state index in [0.29, 0.717) is 5.82 Å². The van der Waals surface area contributed by atoms with E-state index in [1.54, 1.807) is 6.92 Å². The maximum absolute atomic E-state index is 8.69. The molecule has 15 heavy (non-hydrogen) atoms. The van der Waals surface area contributed by atoms with E-state index >= 15 is 0 Å². The summed E-state index contributed by atoms with van der Waals surface area (Å²) in [4.78, 5) is 1.31. The van der Waals surface area contributed by atoms with Crippen molar-refractivity contribution < 1.29 is 0 Å². The zero-order valence-electron chi connectivity index (χ0n) is 8.20. The molecule has 0 N–H and O–H groups in total. The number of hydrogen-bond acceptors (Lipinski definition) is 4. The highest BCUT2D eigenvalue weighted by Gasteiger charge is 2.09. The van der Waals surface area contributed by atoms with Gasteiger partial charge in [-0.15, -0.1) is 15.0 Å². The highest BCUT2D eigenvalue weighted by molar-refractivity contribution is 5.52. The Balaban J connectivity index is 2.33. The van der Waals surface area contributed by atoms with Crippen LogP contribution >= 0.6 is 0 Å². The SMILES string of the molecule is CC(C#N)n1nnc(-c2ccccc2)n1. The van der Waals surface area contributed by atoms with E-state index in [4.69, 9.17) is 5.26 Å². The van der Waals surface area contributed by atoms with Crippen molar-refractivity contribution in [2.24, 2.45) is 0 Å². The molecule has 5 heteroatoms. The van der Waals surface area contributed by atoms with Crippen molar-refractivity contribution in [3.05, 3.63) is 30.3 Å². The lowest BCUT2D eigenvalue weighted by Crippen LogP contribution is -2.06. The molecule has 1 aromatic carbocycles. The summed E-state index contributed by atoms with van der Waals surface area (Å²) in [5, 5.41) is 20.5. The van der Waals surface area contributed by atoms with Gasteiger partial charge in [-0.25, -0.2) is 0 Å². The molecule has 1 aromatic heterocycles. The lowest BCUT2D eigenvalue weighted by Gasteiger charge is -1.96. The summed E-state index contributed by atoms with van der Waals surface area (Å²) in [6.45, 7) is 1.72. The van der Waals surface area contributed by atoms with Gasteiger partial charge in [0.2, 0.25) is 5.82 Å². The van der Waals surface area contributed by atoms with Gasteiger partial charge in [0.05, 0.1) is 6.07 Å². The van der Waals surface area contributed by atoms with E-state index in [1.165, 1.54) is 4.80 Å². The summed E-state index contributed by atoms with van der Waals surface area (Å²) in [6.07, 6.45) is 0. The Hall–Kier alpha value is -2.22. The van der Waals surface area contributed by atoms with Crippen LogP contribution in [0, 0.1) is 11.3 Å². The predicted molar refractivity (Wildman–Crippen MR) is 53.6 cm³/mol. The minimum Gasteiger partial charge on any atom is -0.196 e. The van der Waals surface area contributed by atoms with Gasteiger partial charge in [0.1, 0.15) is 0 Å². The zero-order chi connectivity index (χ0) is 10.7. The standard InChI is InChI=1S/C10H9N5/c1-8(7-11)15-13-10(12-14-15)9-5-3-2-4-6-9/h2-6,8H,1H3. The van der Waals surface area contributed by atoms with Crippen LogP contribution in [0.25, 0.3) is 11.4 Å². The molecule has 0 saturated carbocycles. The van der Waals surface area contributed by atoms with Crippen LogP contribution in [0.1, 0.15) is 13.0 Å². The molecule has 0 spiro atoms. The molecular weight excluding hydrogens is 190 g/mol. The van der Waals surface area contributed by atoms with Crippen LogP contribution in [0.5, 0.6) is 0 Å². The molecule has 2 aromatic rings. The van der Waals surface area contributed by atoms with Gasteiger partial charge >= 0.3 is 0 Å². The molecule has 5 nitrogen and oxygen atoms in total. The third-order valence-electron chi connectivity index (χ3n) is 1.99. The van der Waals surface area contributed by atoms with Crippen LogP contribution in [-0.2, 0) is 0 Å². The summed E-state index contributed by atoms with van der Waals surface area (Å²) >= 11 is 0. The number of rotatable bonds is 2. The molecule has 0 bridgehead atoms. The highest BCUT2D eigenvalue weighted by Crippen LogP contribution is 2.12. The third-order valence-corrected chi connectivity index (χ3v) is 1.99. The van der Waals surface area contributed by atoms with Crippen molar-refractivity contribution in [1.82, 2.24) is 20.2 Å². The molecule has 0 saturated heterocycles. The number of nitriles is 1. The third kappa shape index (κ3) is 1.83. The molecule has 0 amide bonds. The molecule has 1 unspecified atom stereocenters. The molecule has 0 aliphatic carbocycles.